The van der Waals surface area contributed by atoms with Gasteiger partial charge in [0.1, 0.15) is 5.75 Å². The number of hydrogen-bond acceptors (Lipinski definition) is 2. The van der Waals surface area contributed by atoms with Gasteiger partial charge in [0.2, 0.25) is 0 Å². The molecule has 0 amide bonds. The van der Waals surface area contributed by atoms with E-state index in [4.69, 9.17) is 4.74 Å². The number of benzene rings is 1. The molecule has 0 aromatic heterocycles. The molecule has 4 rings (SSSR count). The summed E-state index contributed by atoms with van der Waals surface area (Å²) in [6, 6.07) is 6.64. The average molecular weight is 391 g/mol. The molecule has 3 aliphatic rings. The smallest absolute Gasteiger partial charge is 0.152 e. The molecule has 0 saturated heterocycles. The van der Waals surface area contributed by atoms with E-state index in [2.05, 4.69) is 48.0 Å². The number of rotatable bonds is 2. The molecule has 2 fully saturated rings. The molecule has 0 bridgehead atoms. The molecule has 2 nitrogen and oxygen atoms in total. The number of fused-ring (bicyclic) bond motifs is 5. The number of alkyl halides is 1. The van der Waals surface area contributed by atoms with Crippen LogP contribution >= 0.6 is 15.9 Å². The molecular weight excluding hydrogens is 364 g/mol. The molecule has 0 spiro atoms. The van der Waals surface area contributed by atoms with Gasteiger partial charge in [-0.25, -0.2) is 0 Å². The lowest BCUT2D eigenvalue weighted by Crippen LogP contribution is -2.46. The van der Waals surface area contributed by atoms with Crippen molar-refractivity contribution in [3.63, 3.8) is 0 Å². The van der Waals surface area contributed by atoms with Gasteiger partial charge in [-0.3, -0.25) is 4.79 Å². The molecule has 6 atom stereocenters. The summed E-state index contributed by atoms with van der Waals surface area (Å²) in [5, 5.41) is 0. The first-order chi connectivity index (χ1) is 11.5. The van der Waals surface area contributed by atoms with Gasteiger partial charge in [0, 0.05) is 5.41 Å². The van der Waals surface area contributed by atoms with E-state index in [0.717, 1.165) is 37.9 Å². The lowest BCUT2D eigenvalue weighted by atomic mass is 9.52. The second kappa shape index (κ2) is 5.86. The van der Waals surface area contributed by atoms with Gasteiger partial charge in [0.25, 0.3) is 0 Å². The minimum atomic E-state index is -0.0619. The molecule has 3 heteroatoms. The van der Waals surface area contributed by atoms with Crippen molar-refractivity contribution < 1.29 is 9.53 Å². The quantitative estimate of drug-likeness (QED) is 0.654. The maximum atomic E-state index is 12.9. The van der Waals surface area contributed by atoms with E-state index < -0.39 is 0 Å². The Kier molecular flexibility index (Phi) is 4.06. The van der Waals surface area contributed by atoms with Crippen molar-refractivity contribution in [3.8, 4) is 5.75 Å². The van der Waals surface area contributed by atoms with Crippen LogP contribution in [0.5, 0.6) is 5.75 Å². The Labute approximate surface area is 153 Å². The van der Waals surface area contributed by atoms with Crippen LogP contribution in [0.3, 0.4) is 0 Å². The molecule has 3 aliphatic carbocycles. The highest BCUT2D eigenvalue weighted by molar-refractivity contribution is 9.10. The number of halogens is 1. The highest BCUT2D eigenvalue weighted by Gasteiger charge is 2.60. The fraction of sp³-hybridized carbons (Fsp3) is 0.667. The van der Waals surface area contributed by atoms with Crippen molar-refractivity contribution in [3.05, 3.63) is 29.3 Å². The highest BCUT2D eigenvalue weighted by atomic mass is 79.9. The Bertz CT molecular complexity index is 670. The minimum absolute atomic E-state index is 0.0619. The predicted molar refractivity (Wildman–Crippen MR) is 99.9 cm³/mol. The summed E-state index contributed by atoms with van der Waals surface area (Å²) in [6.07, 6.45) is 5.37. The van der Waals surface area contributed by atoms with Crippen molar-refractivity contribution in [1.29, 1.82) is 0 Å². The van der Waals surface area contributed by atoms with Crippen molar-refractivity contribution in [2.45, 2.75) is 56.7 Å². The summed E-state index contributed by atoms with van der Waals surface area (Å²) in [7, 11) is 1.74. The van der Waals surface area contributed by atoms with E-state index in [1.165, 1.54) is 11.1 Å². The third-order valence-electron chi connectivity index (χ3n) is 7.36. The number of Topliss-reactive ketones (excluding diaryl/α,β-unsaturated/α-hetero) is 1. The first-order valence-corrected chi connectivity index (χ1v) is 10.3. The van der Waals surface area contributed by atoms with Crippen LogP contribution in [0.2, 0.25) is 0 Å². The zero-order valence-electron chi connectivity index (χ0n) is 14.8. The van der Waals surface area contributed by atoms with Crippen LogP contribution in [0.25, 0.3) is 0 Å². The summed E-state index contributed by atoms with van der Waals surface area (Å²) in [4.78, 5) is 13.0. The van der Waals surface area contributed by atoms with E-state index in [1.807, 2.05) is 0 Å². The van der Waals surface area contributed by atoms with Gasteiger partial charge >= 0.3 is 0 Å². The van der Waals surface area contributed by atoms with Gasteiger partial charge in [-0.2, -0.15) is 0 Å². The second-order valence-corrected chi connectivity index (χ2v) is 9.26. The van der Waals surface area contributed by atoms with Gasteiger partial charge in [0.05, 0.1) is 11.9 Å². The van der Waals surface area contributed by atoms with E-state index in [9.17, 15) is 4.79 Å². The van der Waals surface area contributed by atoms with Crippen LogP contribution in [0.1, 0.15) is 56.6 Å². The standard InChI is InChI=1S/C21H27BrO2/c1-4-21-8-7-16-15-6-5-14(24-3)10-13(15)9-12(2)19(16)17(21)11-18(22)20(21)23/h5-6,10,12,16-19H,4,7-9,11H2,1-3H3/t12-,16-,17+,18-,19-,21+/m1/s1. The number of ether oxygens (including phenoxy) is 1. The molecule has 130 valence electrons. The lowest BCUT2D eigenvalue weighted by Gasteiger charge is -2.51. The van der Waals surface area contributed by atoms with Crippen LogP contribution < -0.4 is 4.74 Å². The zero-order chi connectivity index (χ0) is 17.1. The predicted octanol–water partition coefficient (Wildman–Crippen LogP) is 5.13. The third kappa shape index (κ3) is 2.16. The number of carbonyl (C=O) groups excluding carboxylic acids is 1. The first-order valence-electron chi connectivity index (χ1n) is 9.37. The Hall–Kier alpha value is -0.830. The van der Waals surface area contributed by atoms with E-state index in [1.54, 1.807) is 7.11 Å². The van der Waals surface area contributed by atoms with E-state index in [-0.39, 0.29) is 10.2 Å². The maximum Gasteiger partial charge on any atom is 0.152 e. The van der Waals surface area contributed by atoms with Crippen LogP contribution in [0, 0.1) is 23.2 Å². The van der Waals surface area contributed by atoms with Crippen molar-refractivity contribution in [2.75, 3.05) is 7.11 Å². The molecule has 24 heavy (non-hydrogen) atoms. The molecule has 0 heterocycles. The summed E-state index contributed by atoms with van der Waals surface area (Å²) in [5.74, 6) is 3.90. The first kappa shape index (κ1) is 16.6. The largest absolute Gasteiger partial charge is 0.497 e. The Morgan fingerprint density at radius 3 is 2.88 bits per heavy atom. The van der Waals surface area contributed by atoms with Crippen LogP contribution in [0.15, 0.2) is 18.2 Å². The Balaban J connectivity index is 1.76. The molecular formula is C21H27BrO2. The number of hydrogen-bond donors (Lipinski definition) is 0. The van der Waals surface area contributed by atoms with E-state index >= 15 is 0 Å². The van der Waals surface area contributed by atoms with Gasteiger partial charge in [-0.05, 0) is 79.0 Å². The van der Waals surface area contributed by atoms with Crippen molar-refractivity contribution in [2.24, 2.45) is 23.2 Å². The third-order valence-corrected chi connectivity index (χ3v) is 8.15. The topological polar surface area (TPSA) is 26.3 Å². The van der Waals surface area contributed by atoms with Crippen molar-refractivity contribution >= 4 is 21.7 Å². The monoisotopic (exact) mass is 390 g/mol. The normalized spacial score (nSPS) is 40.7. The molecule has 1 aromatic carbocycles. The average Bonchev–Trinajstić information content (AvgIpc) is 2.85. The van der Waals surface area contributed by atoms with Gasteiger partial charge < -0.3 is 4.74 Å². The van der Waals surface area contributed by atoms with Gasteiger partial charge in [-0.15, -0.1) is 0 Å². The fourth-order valence-corrected chi connectivity index (χ4v) is 7.13. The minimum Gasteiger partial charge on any atom is -0.497 e. The summed E-state index contributed by atoms with van der Waals surface area (Å²) in [5.41, 5.74) is 2.92. The lowest BCUT2D eigenvalue weighted by molar-refractivity contribution is -0.131. The van der Waals surface area contributed by atoms with Crippen LogP contribution in [-0.2, 0) is 11.2 Å². The fourth-order valence-electron chi connectivity index (χ4n) is 6.27. The van der Waals surface area contributed by atoms with Gasteiger partial charge in [-0.1, -0.05) is 35.8 Å². The SMILES string of the molecule is CC[C@]12CC[C@@H]3c4ccc(OC)cc4C[C@@H](C)[C@H]3[C@@H]1C[C@@H](Br)C2=O. The second-order valence-electron chi connectivity index (χ2n) is 8.15. The highest BCUT2D eigenvalue weighted by Crippen LogP contribution is 2.63. The van der Waals surface area contributed by atoms with Crippen molar-refractivity contribution in [1.82, 2.24) is 0 Å². The number of methoxy groups -OCH3 is 1. The molecule has 1 aromatic rings. The zero-order valence-corrected chi connectivity index (χ0v) is 16.4. The Morgan fingerprint density at radius 2 is 2.17 bits per heavy atom. The molecule has 0 aliphatic heterocycles. The summed E-state index contributed by atoms with van der Waals surface area (Å²) in [6.45, 7) is 4.63. The molecule has 0 radical (unpaired) electrons. The maximum absolute atomic E-state index is 12.9. The van der Waals surface area contributed by atoms with Crippen LogP contribution in [0.4, 0.5) is 0 Å². The molecule has 0 unspecified atom stereocenters. The number of ketones is 1. The Morgan fingerprint density at radius 1 is 1.38 bits per heavy atom. The summed E-state index contributed by atoms with van der Waals surface area (Å²) < 4.78 is 5.43. The van der Waals surface area contributed by atoms with Gasteiger partial charge in [0.15, 0.2) is 5.78 Å². The van der Waals surface area contributed by atoms with E-state index in [0.29, 0.717) is 29.5 Å². The van der Waals surface area contributed by atoms with Crippen LogP contribution in [-0.4, -0.2) is 17.7 Å². The molecule has 0 N–H and O–H groups in total. The molecule has 2 saturated carbocycles. The summed E-state index contributed by atoms with van der Waals surface area (Å²) >= 11 is 3.69. The number of carbonyl (C=O) groups is 1.